The van der Waals surface area contributed by atoms with E-state index in [1.165, 1.54) is 31.4 Å². The highest BCUT2D eigenvalue weighted by Gasteiger charge is 2.44. The molecular formula is C15H21ClN2O4S. The van der Waals surface area contributed by atoms with Gasteiger partial charge in [0, 0.05) is 19.6 Å². The second-order valence-electron chi connectivity index (χ2n) is 6.03. The zero-order valence-corrected chi connectivity index (χ0v) is 14.6. The monoisotopic (exact) mass is 360 g/mol. The Kier molecular flexibility index (Phi) is 5.35. The SMILES string of the molecule is COC(=O)c1ccc(S(=O)(=O)N2CCC3(CCNC3)C2)cc1.Cl. The fourth-order valence-corrected chi connectivity index (χ4v) is 4.83. The summed E-state index contributed by atoms with van der Waals surface area (Å²) >= 11 is 0. The Balaban J connectivity index is 0.00000192. The summed E-state index contributed by atoms with van der Waals surface area (Å²) in [5, 5.41) is 3.32. The number of carbonyl (C=O) groups is 1. The van der Waals surface area contributed by atoms with E-state index < -0.39 is 16.0 Å². The highest BCUT2D eigenvalue weighted by atomic mass is 35.5. The highest BCUT2D eigenvalue weighted by Crippen LogP contribution is 2.38. The molecule has 0 aliphatic carbocycles. The van der Waals surface area contributed by atoms with Crippen LogP contribution < -0.4 is 5.32 Å². The molecule has 2 aliphatic heterocycles. The number of nitrogens with one attached hydrogen (secondary N) is 1. The van der Waals surface area contributed by atoms with Crippen molar-refractivity contribution in [1.29, 1.82) is 0 Å². The number of rotatable bonds is 3. The molecule has 3 rings (SSSR count). The van der Waals surface area contributed by atoms with Gasteiger partial charge in [0.15, 0.2) is 0 Å². The van der Waals surface area contributed by atoms with Gasteiger partial charge >= 0.3 is 5.97 Å². The number of methoxy groups -OCH3 is 1. The topological polar surface area (TPSA) is 75.7 Å². The largest absolute Gasteiger partial charge is 0.465 e. The average molecular weight is 361 g/mol. The van der Waals surface area contributed by atoms with E-state index in [-0.39, 0.29) is 22.7 Å². The molecule has 1 N–H and O–H groups in total. The minimum atomic E-state index is -3.50. The second kappa shape index (κ2) is 6.76. The van der Waals surface area contributed by atoms with Crippen molar-refractivity contribution in [3.63, 3.8) is 0 Å². The van der Waals surface area contributed by atoms with E-state index in [2.05, 4.69) is 10.1 Å². The van der Waals surface area contributed by atoms with Crippen molar-refractivity contribution < 1.29 is 17.9 Å². The van der Waals surface area contributed by atoms with Crippen LogP contribution in [0.2, 0.25) is 0 Å². The standard InChI is InChI=1S/C15H20N2O4S.ClH/c1-21-14(18)12-2-4-13(5-3-12)22(19,20)17-9-7-15(11-17)6-8-16-10-15;/h2-5,16H,6-11H2,1H3;1H. The second-order valence-corrected chi connectivity index (χ2v) is 7.97. The first-order valence-corrected chi connectivity index (χ1v) is 8.80. The lowest BCUT2D eigenvalue weighted by Crippen LogP contribution is -2.33. The third-order valence-electron chi connectivity index (χ3n) is 4.65. The maximum atomic E-state index is 12.7. The lowest BCUT2D eigenvalue weighted by Gasteiger charge is -2.22. The van der Waals surface area contributed by atoms with Crippen LogP contribution in [0.25, 0.3) is 0 Å². The van der Waals surface area contributed by atoms with Crippen LogP contribution in [0.4, 0.5) is 0 Å². The summed E-state index contributed by atoms with van der Waals surface area (Å²) in [6.45, 7) is 2.98. The maximum Gasteiger partial charge on any atom is 0.337 e. The van der Waals surface area contributed by atoms with E-state index in [4.69, 9.17) is 0 Å². The predicted molar refractivity (Wildman–Crippen MR) is 88.3 cm³/mol. The summed E-state index contributed by atoms with van der Waals surface area (Å²) in [7, 11) is -2.20. The van der Waals surface area contributed by atoms with Gasteiger partial charge in [-0.25, -0.2) is 13.2 Å². The minimum Gasteiger partial charge on any atom is -0.465 e. The number of halogens is 1. The fourth-order valence-electron chi connectivity index (χ4n) is 3.27. The van der Waals surface area contributed by atoms with Crippen LogP contribution in [-0.2, 0) is 14.8 Å². The fraction of sp³-hybridized carbons (Fsp3) is 0.533. The van der Waals surface area contributed by atoms with Crippen molar-refractivity contribution in [2.45, 2.75) is 17.7 Å². The Hall–Kier alpha value is -1.15. The van der Waals surface area contributed by atoms with Gasteiger partial charge in [0.1, 0.15) is 0 Å². The molecule has 1 atom stereocenters. The Labute approximate surface area is 142 Å². The molecule has 0 bridgehead atoms. The summed E-state index contributed by atoms with van der Waals surface area (Å²) < 4.78 is 31.6. The Morgan fingerprint density at radius 3 is 2.52 bits per heavy atom. The maximum absolute atomic E-state index is 12.7. The van der Waals surface area contributed by atoms with Crippen LogP contribution in [0.15, 0.2) is 29.2 Å². The molecule has 8 heteroatoms. The Morgan fingerprint density at radius 1 is 1.26 bits per heavy atom. The van der Waals surface area contributed by atoms with Crippen LogP contribution in [0.3, 0.4) is 0 Å². The van der Waals surface area contributed by atoms with E-state index in [1.54, 1.807) is 4.31 Å². The zero-order valence-electron chi connectivity index (χ0n) is 12.9. The van der Waals surface area contributed by atoms with Crippen LogP contribution in [0.5, 0.6) is 0 Å². The molecule has 0 amide bonds. The molecular weight excluding hydrogens is 340 g/mol. The quantitative estimate of drug-likeness (QED) is 0.821. The first-order valence-electron chi connectivity index (χ1n) is 7.36. The molecule has 1 spiro atoms. The van der Waals surface area contributed by atoms with Crippen LogP contribution in [0.1, 0.15) is 23.2 Å². The molecule has 2 fully saturated rings. The van der Waals surface area contributed by atoms with Crippen LogP contribution >= 0.6 is 12.4 Å². The molecule has 2 heterocycles. The average Bonchev–Trinajstić information content (AvgIpc) is 3.17. The van der Waals surface area contributed by atoms with Gasteiger partial charge in [-0.15, -0.1) is 12.4 Å². The van der Waals surface area contributed by atoms with Crippen molar-refractivity contribution in [3.05, 3.63) is 29.8 Å². The number of esters is 1. The summed E-state index contributed by atoms with van der Waals surface area (Å²) in [6, 6.07) is 5.92. The molecule has 0 radical (unpaired) electrons. The highest BCUT2D eigenvalue weighted by molar-refractivity contribution is 7.89. The zero-order chi connectivity index (χ0) is 15.8. The van der Waals surface area contributed by atoms with Crippen molar-refractivity contribution >= 4 is 28.4 Å². The van der Waals surface area contributed by atoms with Gasteiger partial charge in [-0.05, 0) is 49.1 Å². The lowest BCUT2D eigenvalue weighted by molar-refractivity contribution is 0.0600. The number of nitrogens with zero attached hydrogens (tertiary/aromatic N) is 1. The van der Waals surface area contributed by atoms with Gasteiger partial charge < -0.3 is 10.1 Å². The van der Waals surface area contributed by atoms with E-state index in [1.807, 2.05) is 0 Å². The van der Waals surface area contributed by atoms with Crippen molar-refractivity contribution in [2.75, 3.05) is 33.3 Å². The number of benzene rings is 1. The summed E-state index contributed by atoms with van der Waals surface area (Å²) in [4.78, 5) is 11.6. The van der Waals surface area contributed by atoms with Crippen molar-refractivity contribution in [2.24, 2.45) is 5.41 Å². The molecule has 0 saturated carbocycles. The molecule has 1 unspecified atom stereocenters. The van der Waals surface area contributed by atoms with E-state index >= 15 is 0 Å². The Morgan fingerprint density at radius 2 is 1.96 bits per heavy atom. The first kappa shape index (κ1) is 18.2. The predicted octanol–water partition coefficient (Wildman–Crippen LogP) is 1.27. The van der Waals surface area contributed by atoms with Gasteiger partial charge in [-0.2, -0.15) is 4.31 Å². The number of carbonyl (C=O) groups excluding carboxylic acids is 1. The van der Waals surface area contributed by atoms with Crippen molar-refractivity contribution in [3.8, 4) is 0 Å². The molecule has 23 heavy (non-hydrogen) atoms. The number of ether oxygens (including phenoxy) is 1. The van der Waals surface area contributed by atoms with E-state index in [0.29, 0.717) is 18.7 Å². The van der Waals surface area contributed by atoms with Crippen molar-refractivity contribution in [1.82, 2.24) is 9.62 Å². The Bertz CT molecular complexity index is 669. The van der Waals surface area contributed by atoms with Gasteiger partial charge in [-0.3, -0.25) is 0 Å². The van der Waals surface area contributed by atoms with E-state index in [9.17, 15) is 13.2 Å². The van der Waals surface area contributed by atoms with Crippen LogP contribution in [-0.4, -0.2) is 52.0 Å². The summed E-state index contributed by atoms with van der Waals surface area (Å²) in [6.07, 6.45) is 1.93. The molecule has 6 nitrogen and oxygen atoms in total. The molecule has 1 aromatic carbocycles. The molecule has 1 aromatic rings. The first-order chi connectivity index (χ1) is 10.5. The lowest BCUT2D eigenvalue weighted by atomic mass is 9.87. The van der Waals surface area contributed by atoms with Gasteiger partial charge in [0.05, 0.1) is 17.6 Å². The molecule has 0 aromatic heterocycles. The minimum absolute atomic E-state index is 0. The van der Waals surface area contributed by atoms with Gasteiger partial charge in [0.25, 0.3) is 0 Å². The molecule has 128 valence electrons. The van der Waals surface area contributed by atoms with Gasteiger partial charge in [-0.1, -0.05) is 0 Å². The number of hydrogen-bond donors (Lipinski definition) is 1. The third-order valence-corrected chi connectivity index (χ3v) is 6.51. The summed E-state index contributed by atoms with van der Waals surface area (Å²) in [5.74, 6) is -0.471. The molecule has 2 saturated heterocycles. The van der Waals surface area contributed by atoms with Gasteiger partial charge in [0.2, 0.25) is 10.0 Å². The third kappa shape index (κ3) is 3.38. The smallest absolute Gasteiger partial charge is 0.337 e. The van der Waals surface area contributed by atoms with Crippen LogP contribution in [0, 0.1) is 5.41 Å². The summed E-state index contributed by atoms with van der Waals surface area (Å²) in [5.41, 5.74) is 0.443. The number of sulfonamides is 1. The normalized spacial score (nSPS) is 24.6. The number of hydrogen-bond acceptors (Lipinski definition) is 5. The molecule has 2 aliphatic rings. The van der Waals surface area contributed by atoms with E-state index in [0.717, 1.165) is 25.9 Å².